The van der Waals surface area contributed by atoms with Crippen molar-refractivity contribution in [2.45, 2.75) is 52.6 Å². The van der Waals surface area contributed by atoms with Crippen molar-refractivity contribution in [2.75, 3.05) is 10.6 Å². The van der Waals surface area contributed by atoms with Gasteiger partial charge in [-0.25, -0.2) is 14.8 Å². The lowest BCUT2D eigenvalue weighted by Crippen LogP contribution is -2.36. The maximum absolute atomic E-state index is 12.8. The third kappa shape index (κ3) is 5.54. The predicted octanol–water partition coefficient (Wildman–Crippen LogP) is 4.95. The first-order valence-corrected chi connectivity index (χ1v) is 12.5. The number of carboxylic acid groups (broad SMARTS) is 1. The van der Waals surface area contributed by atoms with Gasteiger partial charge in [0, 0.05) is 11.6 Å². The average molecular weight is 514 g/mol. The first-order chi connectivity index (χ1) is 17.2. The maximum Gasteiger partial charge on any atom is 0.412 e. The first-order valence-electron chi connectivity index (χ1n) is 11.6. The minimum Gasteiger partial charge on any atom is -0.481 e. The molecule has 0 radical (unpaired) electrons. The van der Waals surface area contributed by atoms with E-state index in [0.29, 0.717) is 46.3 Å². The smallest absolute Gasteiger partial charge is 0.412 e. The molecule has 1 aliphatic carbocycles. The highest BCUT2D eigenvalue weighted by atomic mass is 32.1. The van der Waals surface area contributed by atoms with Gasteiger partial charge in [0.2, 0.25) is 11.7 Å². The zero-order chi connectivity index (χ0) is 25.8. The largest absolute Gasteiger partial charge is 0.481 e. The summed E-state index contributed by atoms with van der Waals surface area (Å²) in [7, 11) is 0. The number of amides is 2. The molecule has 190 valence electrons. The number of hydrogen-bond acceptors (Lipinski definition) is 9. The standard InChI is InChI=1S/C24H27N5O6S/c1-12-17(27-21(30)15-6-4-5-7-16(15)23(31)32)8-9-18(26-12)20-19(13(2)29-35-20)28-24(33)34-14(3)22-25-10-11-36-22/h8-11,14-16H,4-7H2,1-3H3,(H,27,30)(H,28,33)(H,31,32)/t14-,15?,16?/m1/s1. The summed E-state index contributed by atoms with van der Waals surface area (Å²) >= 11 is 1.39. The van der Waals surface area contributed by atoms with Gasteiger partial charge in [-0.05, 0) is 45.7 Å². The molecule has 1 saturated carbocycles. The highest BCUT2D eigenvalue weighted by Crippen LogP contribution is 2.34. The molecule has 36 heavy (non-hydrogen) atoms. The minimum absolute atomic E-state index is 0.241. The topological polar surface area (TPSA) is 157 Å². The van der Waals surface area contributed by atoms with Gasteiger partial charge in [-0.3, -0.25) is 14.9 Å². The van der Waals surface area contributed by atoms with Crippen LogP contribution in [0.2, 0.25) is 0 Å². The molecule has 4 rings (SSSR count). The van der Waals surface area contributed by atoms with Crippen LogP contribution in [0.1, 0.15) is 55.1 Å². The van der Waals surface area contributed by atoms with E-state index in [1.54, 1.807) is 44.5 Å². The number of aryl methyl sites for hydroxylation is 2. The van der Waals surface area contributed by atoms with Gasteiger partial charge in [0.15, 0.2) is 6.10 Å². The molecule has 12 heteroatoms. The van der Waals surface area contributed by atoms with Crippen LogP contribution in [-0.4, -0.2) is 38.2 Å². The SMILES string of the molecule is Cc1nc(-c2onc(C)c2NC(=O)O[C@H](C)c2nccs2)ccc1NC(=O)C1CCCCC1C(=O)O. The molecule has 1 fully saturated rings. The Morgan fingerprint density at radius 1 is 1.14 bits per heavy atom. The van der Waals surface area contributed by atoms with Gasteiger partial charge in [0.1, 0.15) is 22.1 Å². The average Bonchev–Trinajstić information content (AvgIpc) is 3.51. The molecule has 3 heterocycles. The Morgan fingerprint density at radius 3 is 2.56 bits per heavy atom. The molecule has 0 aromatic carbocycles. The molecular formula is C24H27N5O6S. The molecule has 0 saturated heterocycles. The molecule has 0 spiro atoms. The highest BCUT2D eigenvalue weighted by molar-refractivity contribution is 7.09. The summed E-state index contributed by atoms with van der Waals surface area (Å²) in [6.45, 7) is 5.12. The van der Waals surface area contributed by atoms with Crippen molar-refractivity contribution in [1.29, 1.82) is 0 Å². The fourth-order valence-electron chi connectivity index (χ4n) is 4.25. The molecule has 2 unspecified atom stereocenters. The summed E-state index contributed by atoms with van der Waals surface area (Å²) in [5.41, 5.74) is 2.14. The van der Waals surface area contributed by atoms with E-state index in [-0.39, 0.29) is 11.7 Å². The fraction of sp³-hybridized carbons (Fsp3) is 0.417. The normalized spacial score (nSPS) is 18.3. The summed E-state index contributed by atoms with van der Waals surface area (Å²) in [4.78, 5) is 45.6. The number of carboxylic acids is 1. The molecule has 1 aliphatic rings. The minimum atomic E-state index is -0.944. The van der Waals surface area contributed by atoms with Gasteiger partial charge < -0.3 is 19.7 Å². The number of carbonyl (C=O) groups excluding carboxylic acids is 2. The molecule has 3 aromatic rings. The molecule has 2 amide bonds. The van der Waals surface area contributed by atoms with Crippen molar-refractivity contribution in [1.82, 2.24) is 15.1 Å². The second-order valence-corrected chi connectivity index (χ2v) is 9.60. The molecule has 11 nitrogen and oxygen atoms in total. The van der Waals surface area contributed by atoms with Crippen LogP contribution in [0.25, 0.3) is 11.5 Å². The Balaban J connectivity index is 1.47. The van der Waals surface area contributed by atoms with E-state index in [2.05, 4.69) is 25.8 Å². The zero-order valence-corrected chi connectivity index (χ0v) is 20.9. The summed E-state index contributed by atoms with van der Waals surface area (Å²) in [6, 6.07) is 3.30. The van der Waals surface area contributed by atoms with E-state index in [4.69, 9.17) is 9.26 Å². The number of aromatic nitrogens is 3. The van der Waals surface area contributed by atoms with Crippen LogP contribution in [-0.2, 0) is 14.3 Å². The van der Waals surface area contributed by atoms with Crippen molar-refractivity contribution >= 4 is 40.7 Å². The van der Waals surface area contributed by atoms with Crippen molar-refractivity contribution in [3.8, 4) is 11.5 Å². The van der Waals surface area contributed by atoms with Crippen LogP contribution in [0.4, 0.5) is 16.2 Å². The number of pyridine rings is 1. The van der Waals surface area contributed by atoms with Gasteiger partial charge in [-0.1, -0.05) is 18.0 Å². The third-order valence-corrected chi connectivity index (χ3v) is 7.11. The van der Waals surface area contributed by atoms with E-state index >= 15 is 0 Å². The van der Waals surface area contributed by atoms with E-state index in [1.807, 2.05) is 0 Å². The van der Waals surface area contributed by atoms with Gasteiger partial charge in [0.25, 0.3) is 0 Å². The first kappa shape index (κ1) is 25.3. The number of carbonyl (C=O) groups is 3. The number of nitrogens with one attached hydrogen (secondary N) is 2. The second kappa shape index (κ2) is 10.9. The van der Waals surface area contributed by atoms with Crippen molar-refractivity contribution in [3.63, 3.8) is 0 Å². The van der Waals surface area contributed by atoms with Gasteiger partial charge >= 0.3 is 12.1 Å². The van der Waals surface area contributed by atoms with Gasteiger partial charge in [-0.15, -0.1) is 11.3 Å². The van der Waals surface area contributed by atoms with Crippen LogP contribution < -0.4 is 10.6 Å². The number of thiazole rings is 1. The van der Waals surface area contributed by atoms with Crippen molar-refractivity contribution in [2.24, 2.45) is 11.8 Å². The number of hydrogen-bond donors (Lipinski definition) is 3. The van der Waals surface area contributed by atoms with Crippen LogP contribution in [0.15, 0.2) is 28.2 Å². The van der Waals surface area contributed by atoms with Crippen molar-refractivity contribution < 1.29 is 28.8 Å². The summed E-state index contributed by atoms with van der Waals surface area (Å²) in [5.74, 6) is -2.29. The Labute approximate surface area is 211 Å². The molecule has 0 bridgehead atoms. The maximum atomic E-state index is 12.8. The molecular weight excluding hydrogens is 486 g/mol. The molecule has 3 atom stereocenters. The second-order valence-electron chi connectivity index (χ2n) is 8.67. The summed E-state index contributed by atoms with van der Waals surface area (Å²) in [6.07, 6.45) is 3.09. The Morgan fingerprint density at radius 2 is 1.89 bits per heavy atom. The molecule has 3 aromatic heterocycles. The number of nitrogens with zero attached hydrogens (tertiary/aromatic N) is 3. The number of rotatable bonds is 7. The Hall–Kier alpha value is -3.80. The van der Waals surface area contributed by atoms with Crippen LogP contribution >= 0.6 is 11.3 Å². The number of anilines is 2. The van der Waals surface area contributed by atoms with E-state index in [0.717, 1.165) is 12.8 Å². The zero-order valence-electron chi connectivity index (χ0n) is 20.1. The quantitative estimate of drug-likeness (QED) is 0.398. The summed E-state index contributed by atoms with van der Waals surface area (Å²) < 4.78 is 10.8. The Bertz CT molecular complexity index is 1260. The van der Waals surface area contributed by atoms with E-state index in [9.17, 15) is 19.5 Å². The third-order valence-electron chi connectivity index (χ3n) is 6.17. The lowest BCUT2D eigenvalue weighted by molar-refractivity contribution is -0.147. The van der Waals surface area contributed by atoms with E-state index in [1.165, 1.54) is 11.3 Å². The Kier molecular flexibility index (Phi) is 7.63. The van der Waals surface area contributed by atoms with E-state index < -0.39 is 30.0 Å². The van der Waals surface area contributed by atoms with Crippen LogP contribution in [0.3, 0.4) is 0 Å². The monoisotopic (exact) mass is 513 g/mol. The van der Waals surface area contributed by atoms with Gasteiger partial charge in [-0.2, -0.15) is 0 Å². The highest BCUT2D eigenvalue weighted by Gasteiger charge is 2.36. The predicted molar refractivity (Wildman–Crippen MR) is 132 cm³/mol. The number of aliphatic carboxylic acids is 1. The fourth-order valence-corrected chi connectivity index (χ4v) is 4.88. The lowest BCUT2D eigenvalue weighted by Gasteiger charge is -2.27. The van der Waals surface area contributed by atoms with Crippen LogP contribution in [0.5, 0.6) is 0 Å². The molecule has 0 aliphatic heterocycles. The number of ether oxygens (including phenoxy) is 1. The lowest BCUT2D eigenvalue weighted by atomic mass is 9.78. The van der Waals surface area contributed by atoms with Gasteiger partial charge in [0.05, 0.1) is 23.2 Å². The van der Waals surface area contributed by atoms with Crippen molar-refractivity contribution in [3.05, 3.63) is 40.1 Å². The van der Waals surface area contributed by atoms with Crippen LogP contribution in [0, 0.1) is 25.7 Å². The summed E-state index contributed by atoms with van der Waals surface area (Å²) in [5, 5.41) is 21.4. The molecule has 3 N–H and O–H groups in total.